The van der Waals surface area contributed by atoms with E-state index < -0.39 is 32.5 Å². The number of hydrogen-bond donors (Lipinski definition) is 3. The third-order valence-corrected chi connectivity index (χ3v) is 13.7. The maximum atomic E-state index is 14.3. The van der Waals surface area contributed by atoms with Gasteiger partial charge in [-0.3, -0.25) is 9.69 Å². The van der Waals surface area contributed by atoms with Crippen LogP contribution in [0.1, 0.15) is 69.4 Å². The number of carboxylic acid groups (broad SMARTS) is 1. The Morgan fingerprint density at radius 2 is 1.90 bits per heavy atom. The van der Waals surface area contributed by atoms with Crippen molar-refractivity contribution in [1.29, 1.82) is 0 Å². The number of carbonyl (C=O) groups is 2. The van der Waals surface area contributed by atoms with Crippen LogP contribution in [0.5, 0.6) is 0 Å². The molecule has 1 fully saturated rings. The van der Waals surface area contributed by atoms with E-state index in [1.807, 2.05) is 30.3 Å². The molecule has 3 aromatic rings. The number of nitrogens with two attached hydrogens (primary N) is 1. The molecule has 1 aromatic heterocycles. The zero-order valence-corrected chi connectivity index (χ0v) is 26.9. The molecule has 2 amide bonds. The lowest BCUT2D eigenvalue weighted by Gasteiger charge is -2.42. The van der Waals surface area contributed by atoms with Gasteiger partial charge in [0.1, 0.15) is 5.82 Å². The normalized spacial score (nSPS) is 19.0. The zero-order valence-electron chi connectivity index (χ0n) is 25.1. The molecular formula is C31H41FN4O4SSi. The summed E-state index contributed by atoms with van der Waals surface area (Å²) in [6.07, 6.45) is 0.205. The average Bonchev–Trinajstić information content (AvgIpc) is 3.53. The highest BCUT2D eigenvalue weighted by atomic mass is 32.1. The van der Waals surface area contributed by atoms with Crippen LogP contribution in [0.3, 0.4) is 0 Å². The number of aromatic nitrogens is 1. The van der Waals surface area contributed by atoms with Crippen LogP contribution in [0.2, 0.25) is 18.1 Å². The van der Waals surface area contributed by atoms with Crippen molar-refractivity contribution in [2.45, 2.75) is 89.2 Å². The average molecular weight is 613 g/mol. The maximum absolute atomic E-state index is 14.3. The number of carbonyl (C=O) groups excluding carboxylic acids is 1. The number of likely N-dealkylation sites (tertiary alicyclic amines) is 1. The van der Waals surface area contributed by atoms with E-state index in [1.54, 1.807) is 18.4 Å². The summed E-state index contributed by atoms with van der Waals surface area (Å²) in [4.78, 5) is 31.1. The Hall–Kier alpha value is -3.28. The molecule has 1 saturated heterocycles. The molecule has 2 heterocycles. The van der Waals surface area contributed by atoms with E-state index in [9.17, 15) is 19.1 Å². The molecule has 0 bridgehead atoms. The molecule has 1 aliphatic heterocycles. The summed E-state index contributed by atoms with van der Waals surface area (Å²) < 4.78 is 21.2. The van der Waals surface area contributed by atoms with Crippen LogP contribution >= 0.6 is 11.3 Å². The molecule has 8 nitrogen and oxygen atoms in total. The summed E-state index contributed by atoms with van der Waals surface area (Å²) in [7, 11) is -2.33. The second kappa shape index (κ2) is 12.5. The van der Waals surface area contributed by atoms with Crippen molar-refractivity contribution >= 4 is 42.5 Å². The Morgan fingerprint density at radius 3 is 2.48 bits per heavy atom. The molecule has 4 rings (SSSR count). The fourth-order valence-corrected chi connectivity index (χ4v) is 7.07. The third-order valence-electron chi connectivity index (χ3n) is 8.59. The van der Waals surface area contributed by atoms with Gasteiger partial charge < -0.3 is 20.6 Å². The molecule has 0 radical (unpaired) electrons. The second-order valence-corrected chi connectivity index (χ2v) is 18.2. The number of hydrogen-bond acceptors (Lipinski definition) is 6. The van der Waals surface area contributed by atoms with Gasteiger partial charge >= 0.3 is 6.09 Å². The molecule has 0 aliphatic carbocycles. The van der Waals surface area contributed by atoms with Crippen molar-refractivity contribution in [3.8, 4) is 0 Å². The van der Waals surface area contributed by atoms with Gasteiger partial charge in [0.2, 0.25) is 5.91 Å². The number of rotatable bonds is 9. The van der Waals surface area contributed by atoms with E-state index in [1.165, 1.54) is 28.4 Å². The van der Waals surface area contributed by atoms with Gasteiger partial charge in [-0.15, -0.1) is 11.3 Å². The number of nitrogen functional groups attached to an aromatic ring is 1. The highest BCUT2D eigenvalue weighted by Gasteiger charge is 2.47. The lowest BCUT2D eigenvalue weighted by Crippen LogP contribution is -2.49. The number of amides is 2. The predicted molar refractivity (Wildman–Crippen MR) is 168 cm³/mol. The topological polar surface area (TPSA) is 118 Å². The summed E-state index contributed by atoms with van der Waals surface area (Å²) in [5.74, 6) is -1.00. The summed E-state index contributed by atoms with van der Waals surface area (Å²) in [5, 5.41) is 15.4. The largest absolute Gasteiger partial charge is 0.465 e. The van der Waals surface area contributed by atoms with Crippen LogP contribution in [-0.4, -0.2) is 47.4 Å². The van der Waals surface area contributed by atoms with Crippen LogP contribution < -0.4 is 11.1 Å². The van der Waals surface area contributed by atoms with Gasteiger partial charge in [0.05, 0.1) is 23.8 Å². The van der Waals surface area contributed by atoms with E-state index in [0.717, 1.165) is 5.56 Å². The number of anilines is 2. The van der Waals surface area contributed by atoms with Crippen molar-refractivity contribution in [3.63, 3.8) is 0 Å². The summed E-state index contributed by atoms with van der Waals surface area (Å²) in [6, 6.07) is 13.1. The summed E-state index contributed by atoms with van der Waals surface area (Å²) in [5.41, 5.74) is 8.59. The highest BCUT2D eigenvalue weighted by molar-refractivity contribution is 7.13. The second-order valence-electron chi connectivity index (χ2n) is 12.6. The number of halogens is 1. The first-order chi connectivity index (χ1) is 19.7. The van der Waals surface area contributed by atoms with Crippen LogP contribution in [0.15, 0.2) is 53.9 Å². The van der Waals surface area contributed by atoms with E-state index >= 15 is 0 Å². The van der Waals surface area contributed by atoms with Crippen LogP contribution in [-0.2, 0) is 15.6 Å². The van der Waals surface area contributed by atoms with Crippen LogP contribution in [0, 0.1) is 5.82 Å². The SMILES string of the molecule is CC(C(=O)Nc1ccc(CC2CCC([C@H](O[Si](C)(C)C(C)(C)C)c3cccc(F)c3)N2C(=O)O)cc1)c1csc(N)n1. The zero-order chi connectivity index (χ0) is 30.8. The first kappa shape index (κ1) is 31.6. The van der Waals surface area contributed by atoms with Crippen molar-refractivity contribution in [3.05, 3.63) is 76.5 Å². The van der Waals surface area contributed by atoms with E-state index in [-0.39, 0.29) is 22.8 Å². The summed E-state index contributed by atoms with van der Waals surface area (Å²) in [6.45, 7) is 12.4. The minimum absolute atomic E-state index is 0.104. The Morgan fingerprint density at radius 1 is 1.21 bits per heavy atom. The number of nitrogens with zero attached hydrogens (tertiary/aromatic N) is 2. The first-order valence-electron chi connectivity index (χ1n) is 14.2. The van der Waals surface area contributed by atoms with Gasteiger partial charge in [0.15, 0.2) is 13.4 Å². The number of benzene rings is 2. The van der Waals surface area contributed by atoms with Crippen molar-refractivity contribution in [2.24, 2.45) is 0 Å². The van der Waals surface area contributed by atoms with Gasteiger partial charge in [-0.1, -0.05) is 45.0 Å². The molecule has 11 heteroatoms. The Labute approximate surface area is 252 Å². The van der Waals surface area contributed by atoms with Gasteiger partial charge in [-0.05, 0) is 79.7 Å². The van der Waals surface area contributed by atoms with E-state index in [0.29, 0.717) is 41.3 Å². The van der Waals surface area contributed by atoms with Crippen LogP contribution in [0.4, 0.5) is 20.0 Å². The minimum atomic E-state index is -2.33. The van der Waals surface area contributed by atoms with Gasteiger partial charge in [0, 0.05) is 17.1 Å². The first-order valence-corrected chi connectivity index (χ1v) is 18.0. The molecule has 0 spiro atoms. The fourth-order valence-electron chi connectivity index (χ4n) is 5.13. The quantitative estimate of drug-likeness (QED) is 0.216. The van der Waals surface area contributed by atoms with E-state index in [2.05, 4.69) is 44.2 Å². The van der Waals surface area contributed by atoms with Gasteiger partial charge in [-0.2, -0.15) is 0 Å². The standard InChI is InChI=1S/C31H41FN4O4SSi/c1-19(25-18-41-29(33)35-25)28(37)34-23-12-10-20(11-13-23)16-24-14-15-26(36(24)30(38)39)27(21-8-7-9-22(32)17-21)40-42(5,6)31(2,3)4/h7-13,17-19,24,26-27H,14-16H2,1-6H3,(H2,33,35)(H,34,37)(H,38,39)/t19?,24?,26?,27-/m1/s1. The van der Waals surface area contributed by atoms with Crippen molar-refractivity contribution < 1.29 is 23.5 Å². The molecule has 0 saturated carbocycles. The number of thiazole rings is 1. The van der Waals surface area contributed by atoms with Crippen molar-refractivity contribution in [2.75, 3.05) is 11.1 Å². The van der Waals surface area contributed by atoms with Gasteiger partial charge in [0.25, 0.3) is 0 Å². The van der Waals surface area contributed by atoms with Crippen molar-refractivity contribution in [1.82, 2.24) is 9.88 Å². The predicted octanol–water partition coefficient (Wildman–Crippen LogP) is 7.42. The summed E-state index contributed by atoms with van der Waals surface area (Å²) >= 11 is 1.30. The highest BCUT2D eigenvalue weighted by Crippen LogP contribution is 2.44. The lowest BCUT2D eigenvalue weighted by molar-refractivity contribution is -0.117. The molecular weight excluding hydrogens is 572 g/mol. The Balaban J connectivity index is 1.50. The van der Waals surface area contributed by atoms with Gasteiger partial charge in [-0.25, -0.2) is 14.2 Å². The molecule has 1 aliphatic rings. The van der Waals surface area contributed by atoms with E-state index in [4.69, 9.17) is 10.2 Å². The smallest absolute Gasteiger partial charge is 0.407 e. The molecule has 42 heavy (non-hydrogen) atoms. The number of nitrogens with one attached hydrogen (secondary N) is 1. The monoisotopic (exact) mass is 612 g/mol. The third kappa shape index (κ3) is 7.19. The molecule has 3 unspecified atom stereocenters. The Kier molecular flexibility index (Phi) is 9.44. The minimum Gasteiger partial charge on any atom is -0.465 e. The molecule has 4 atom stereocenters. The van der Waals surface area contributed by atoms with Crippen LogP contribution in [0.25, 0.3) is 0 Å². The molecule has 4 N–H and O–H groups in total. The molecule has 226 valence electrons. The Bertz CT molecular complexity index is 1410. The fraction of sp³-hybridized carbons (Fsp3) is 0.452. The molecule has 2 aromatic carbocycles. The maximum Gasteiger partial charge on any atom is 0.407 e. The lowest BCUT2D eigenvalue weighted by atomic mass is 10.0.